The fourth-order valence-electron chi connectivity index (χ4n) is 3.65. The van der Waals surface area contributed by atoms with Gasteiger partial charge in [0, 0.05) is 17.7 Å². The van der Waals surface area contributed by atoms with E-state index in [9.17, 15) is 14.4 Å². The number of ether oxygens (including phenoxy) is 1. The van der Waals surface area contributed by atoms with E-state index in [4.69, 9.17) is 9.84 Å². The van der Waals surface area contributed by atoms with Crippen molar-refractivity contribution in [3.8, 4) is 5.75 Å². The van der Waals surface area contributed by atoms with Gasteiger partial charge in [0.1, 0.15) is 12.4 Å². The van der Waals surface area contributed by atoms with E-state index in [1.807, 2.05) is 31.2 Å². The number of fused-ring (bicyclic) bond motifs is 1. The van der Waals surface area contributed by atoms with Crippen LogP contribution in [0, 0.1) is 6.92 Å². The highest BCUT2D eigenvalue weighted by Gasteiger charge is 2.20. The molecule has 1 aliphatic rings. The standard InChI is InChI=1S/C27H24N2O5/c1-17-9-11-19-15-20(16-34-24(19)13-17)26(32)29-23-8-3-2-7-22(23)27(33)28-21-6-4-5-18(14-21)10-12-25(30)31/h2-9,11,13-15H,10,12,16H2,1H3,(H,28,33)(H,29,32)(H,30,31). The number of hydrogen-bond donors (Lipinski definition) is 3. The average Bonchev–Trinajstić information content (AvgIpc) is 2.83. The average molecular weight is 456 g/mol. The van der Waals surface area contributed by atoms with Crippen molar-refractivity contribution in [3.63, 3.8) is 0 Å². The highest BCUT2D eigenvalue weighted by Crippen LogP contribution is 2.28. The largest absolute Gasteiger partial charge is 0.488 e. The van der Waals surface area contributed by atoms with Gasteiger partial charge in [-0.1, -0.05) is 36.4 Å². The molecule has 1 heterocycles. The molecule has 172 valence electrons. The minimum Gasteiger partial charge on any atom is -0.488 e. The first-order valence-corrected chi connectivity index (χ1v) is 10.9. The summed E-state index contributed by atoms with van der Waals surface area (Å²) in [6.45, 7) is 2.11. The van der Waals surface area contributed by atoms with Gasteiger partial charge in [0.2, 0.25) is 0 Å². The molecule has 3 aromatic carbocycles. The fraction of sp³-hybridized carbons (Fsp3) is 0.148. The van der Waals surface area contributed by atoms with Crippen molar-refractivity contribution in [2.24, 2.45) is 0 Å². The predicted octanol–water partition coefficient (Wildman–Crippen LogP) is 4.68. The van der Waals surface area contributed by atoms with Gasteiger partial charge in [-0.2, -0.15) is 0 Å². The number of hydrogen-bond acceptors (Lipinski definition) is 4. The zero-order valence-electron chi connectivity index (χ0n) is 18.6. The molecule has 0 atom stereocenters. The maximum atomic E-state index is 13.0. The molecule has 0 fully saturated rings. The van der Waals surface area contributed by atoms with Crippen molar-refractivity contribution in [1.82, 2.24) is 0 Å². The maximum absolute atomic E-state index is 13.0. The molecule has 4 rings (SSSR count). The Morgan fingerprint density at radius 1 is 0.941 bits per heavy atom. The maximum Gasteiger partial charge on any atom is 0.303 e. The number of amides is 2. The first-order valence-electron chi connectivity index (χ1n) is 10.9. The van der Waals surface area contributed by atoms with Gasteiger partial charge in [0.15, 0.2) is 0 Å². The number of para-hydroxylation sites is 1. The van der Waals surface area contributed by atoms with Gasteiger partial charge in [-0.05, 0) is 60.9 Å². The summed E-state index contributed by atoms with van der Waals surface area (Å²) in [5, 5.41) is 14.5. The zero-order valence-corrected chi connectivity index (χ0v) is 18.6. The summed E-state index contributed by atoms with van der Waals surface area (Å²) in [5.41, 5.74) is 4.40. The van der Waals surface area contributed by atoms with Gasteiger partial charge in [0.25, 0.3) is 11.8 Å². The molecule has 34 heavy (non-hydrogen) atoms. The minimum atomic E-state index is -0.879. The smallest absolute Gasteiger partial charge is 0.303 e. The fourth-order valence-corrected chi connectivity index (χ4v) is 3.65. The predicted molar refractivity (Wildman–Crippen MR) is 130 cm³/mol. The molecule has 0 aromatic heterocycles. The topological polar surface area (TPSA) is 105 Å². The summed E-state index contributed by atoms with van der Waals surface area (Å²) in [5.74, 6) is -0.874. The second-order valence-electron chi connectivity index (χ2n) is 8.05. The lowest BCUT2D eigenvalue weighted by Gasteiger charge is -2.19. The monoisotopic (exact) mass is 456 g/mol. The lowest BCUT2D eigenvalue weighted by atomic mass is 10.0. The first-order chi connectivity index (χ1) is 16.4. The molecule has 0 radical (unpaired) electrons. The molecule has 0 spiro atoms. The van der Waals surface area contributed by atoms with Crippen molar-refractivity contribution in [2.75, 3.05) is 17.2 Å². The summed E-state index contributed by atoms with van der Waals surface area (Å²) in [7, 11) is 0. The third-order valence-corrected chi connectivity index (χ3v) is 5.41. The quantitative estimate of drug-likeness (QED) is 0.479. The van der Waals surface area contributed by atoms with Crippen LogP contribution in [0.4, 0.5) is 11.4 Å². The lowest BCUT2D eigenvalue weighted by molar-refractivity contribution is -0.137. The van der Waals surface area contributed by atoms with E-state index in [2.05, 4.69) is 10.6 Å². The third-order valence-electron chi connectivity index (χ3n) is 5.41. The van der Waals surface area contributed by atoms with Crippen LogP contribution in [-0.2, 0) is 16.0 Å². The normalized spacial score (nSPS) is 12.1. The number of aliphatic carboxylic acids is 1. The van der Waals surface area contributed by atoms with Crippen LogP contribution >= 0.6 is 0 Å². The Bertz CT molecular complexity index is 1300. The molecular formula is C27H24N2O5. The van der Waals surface area contributed by atoms with Crippen LogP contribution in [0.2, 0.25) is 0 Å². The Labute approximate surface area is 197 Å². The van der Waals surface area contributed by atoms with Crippen LogP contribution in [0.1, 0.15) is 33.5 Å². The number of rotatable bonds is 7. The van der Waals surface area contributed by atoms with Crippen molar-refractivity contribution in [1.29, 1.82) is 0 Å². The zero-order chi connectivity index (χ0) is 24.1. The number of anilines is 2. The number of carboxylic acid groups (broad SMARTS) is 1. The minimum absolute atomic E-state index is 0.00983. The highest BCUT2D eigenvalue weighted by molar-refractivity contribution is 6.13. The van der Waals surface area contributed by atoms with Gasteiger partial charge < -0.3 is 20.5 Å². The number of nitrogens with one attached hydrogen (secondary N) is 2. The lowest BCUT2D eigenvalue weighted by Crippen LogP contribution is -2.23. The van der Waals surface area contributed by atoms with E-state index in [-0.39, 0.29) is 24.8 Å². The molecule has 7 nitrogen and oxygen atoms in total. The second-order valence-corrected chi connectivity index (χ2v) is 8.05. The van der Waals surface area contributed by atoms with E-state index in [0.717, 1.165) is 22.4 Å². The van der Waals surface area contributed by atoms with Gasteiger partial charge in [-0.15, -0.1) is 0 Å². The Hall–Kier alpha value is -4.39. The number of carbonyl (C=O) groups is 3. The molecule has 7 heteroatoms. The van der Waals surface area contributed by atoms with Crippen LogP contribution in [0.25, 0.3) is 6.08 Å². The number of aryl methyl sites for hydroxylation is 2. The Morgan fingerprint density at radius 3 is 2.59 bits per heavy atom. The van der Waals surface area contributed by atoms with Crippen LogP contribution in [-0.4, -0.2) is 29.5 Å². The molecule has 1 aliphatic heterocycles. The molecule has 3 N–H and O–H groups in total. The van der Waals surface area contributed by atoms with E-state index >= 15 is 0 Å². The van der Waals surface area contributed by atoms with Gasteiger partial charge >= 0.3 is 5.97 Å². The second kappa shape index (κ2) is 10.0. The Kier molecular flexibility index (Phi) is 6.73. The van der Waals surface area contributed by atoms with E-state index in [1.54, 1.807) is 48.5 Å². The number of benzene rings is 3. The van der Waals surface area contributed by atoms with Gasteiger partial charge in [0.05, 0.1) is 16.8 Å². The molecule has 2 amide bonds. The van der Waals surface area contributed by atoms with Crippen molar-refractivity contribution >= 4 is 35.2 Å². The summed E-state index contributed by atoms with van der Waals surface area (Å²) in [4.78, 5) is 36.7. The number of carbonyl (C=O) groups excluding carboxylic acids is 2. The van der Waals surface area contributed by atoms with Gasteiger partial charge in [-0.25, -0.2) is 0 Å². The van der Waals surface area contributed by atoms with Crippen LogP contribution in [0.15, 0.2) is 72.3 Å². The summed E-state index contributed by atoms with van der Waals surface area (Å²) in [6.07, 6.45) is 2.17. The summed E-state index contributed by atoms with van der Waals surface area (Å²) >= 11 is 0. The van der Waals surface area contributed by atoms with E-state index < -0.39 is 5.97 Å². The van der Waals surface area contributed by atoms with Crippen molar-refractivity contribution in [2.45, 2.75) is 19.8 Å². The molecule has 0 aliphatic carbocycles. The van der Waals surface area contributed by atoms with Crippen LogP contribution in [0.3, 0.4) is 0 Å². The van der Waals surface area contributed by atoms with Crippen molar-refractivity contribution < 1.29 is 24.2 Å². The molecule has 0 unspecified atom stereocenters. The molecule has 0 saturated heterocycles. The van der Waals surface area contributed by atoms with Crippen LogP contribution in [0.5, 0.6) is 5.75 Å². The van der Waals surface area contributed by atoms with Crippen LogP contribution < -0.4 is 15.4 Å². The summed E-state index contributed by atoms with van der Waals surface area (Å²) < 4.78 is 5.73. The SMILES string of the molecule is Cc1ccc2c(c1)OCC(C(=O)Nc1ccccc1C(=O)Nc1cccc(CCC(=O)O)c1)=C2. The summed E-state index contributed by atoms with van der Waals surface area (Å²) in [6, 6.07) is 19.6. The highest BCUT2D eigenvalue weighted by atomic mass is 16.5. The molecule has 0 bridgehead atoms. The molecule has 3 aromatic rings. The van der Waals surface area contributed by atoms with Gasteiger partial charge in [-0.3, -0.25) is 14.4 Å². The molecule has 0 saturated carbocycles. The van der Waals surface area contributed by atoms with Crippen molar-refractivity contribution in [3.05, 3.63) is 94.6 Å². The molecular weight excluding hydrogens is 432 g/mol. The Balaban J connectivity index is 1.48. The Morgan fingerprint density at radius 2 is 1.76 bits per heavy atom. The van der Waals surface area contributed by atoms with E-state index in [0.29, 0.717) is 28.9 Å². The number of carboxylic acids is 1. The first kappa shape index (κ1) is 22.8. The third kappa shape index (κ3) is 5.50. The van der Waals surface area contributed by atoms with E-state index in [1.165, 1.54) is 0 Å².